The molecular formula is C16H28N2OSi. The number of hydrogen-bond acceptors (Lipinski definition) is 3. The summed E-state index contributed by atoms with van der Waals surface area (Å²) in [6.45, 7) is 11.6. The van der Waals surface area contributed by atoms with Crippen molar-refractivity contribution in [1.29, 1.82) is 0 Å². The molecule has 0 aliphatic carbocycles. The number of benzene rings is 1. The minimum absolute atomic E-state index is 0.0916. The highest BCUT2D eigenvalue weighted by molar-refractivity contribution is 6.69. The van der Waals surface area contributed by atoms with Crippen molar-refractivity contribution >= 4 is 14.0 Å². The fraction of sp³-hybridized carbons (Fsp3) is 0.625. The molecule has 1 saturated heterocycles. The Morgan fingerprint density at radius 2 is 1.70 bits per heavy atom. The van der Waals surface area contributed by atoms with Gasteiger partial charge < -0.3 is 15.1 Å². The van der Waals surface area contributed by atoms with Gasteiger partial charge in [-0.1, -0.05) is 17.7 Å². The Morgan fingerprint density at radius 3 is 2.15 bits per heavy atom. The maximum atomic E-state index is 6.41. The summed E-state index contributed by atoms with van der Waals surface area (Å²) in [6.07, 6.45) is 2.06. The quantitative estimate of drug-likeness (QED) is 0.867. The van der Waals surface area contributed by atoms with Crippen molar-refractivity contribution in [1.82, 2.24) is 0 Å². The largest absolute Gasteiger partial charge is 0.411 e. The third-order valence-corrected chi connectivity index (χ3v) is 5.01. The first-order chi connectivity index (χ1) is 9.34. The Morgan fingerprint density at radius 1 is 1.15 bits per heavy atom. The maximum absolute atomic E-state index is 6.41. The van der Waals surface area contributed by atoms with Gasteiger partial charge in [0.1, 0.15) is 0 Å². The molecule has 20 heavy (non-hydrogen) atoms. The zero-order valence-electron chi connectivity index (χ0n) is 13.3. The van der Waals surface area contributed by atoms with E-state index in [4.69, 9.17) is 10.2 Å². The summed E-state index contributed by atoms with van der Waals surface area (Å²) in [4.78, 5) is 2.45. The molecule has 0 unspecified atom stereocenters. The van der Waals surface area contributed by atoms with Crippen molar-refractivity contribution in [3.63, 3.8) is 0 Å². The molecule has 0 bridgehead atoms. The summed E-state index contributed by atoms with van der Waals surface area (Å²) in [5.74, 6) is 0. The summed E-state index contributed by atoms with van der Waals surface area (Å²) in [6, 6.07) is 8.78. The van der Waals surface area contributed by atoms with Crippen LogP contribution in [0.25, 0.3) is 0 Å². The van der Waals surface area contributed by atoms with Gasteiger partial charge in [-0.25, -0.2) is 0 Å². The third kappa shape index (κ3) is 3.84. The zero-order chi connectivity index (χ0) is 14.8. The van der Waals surface area contributed by atoms with Gasteiger partial charge in [-0.15, -0.1) is 0 Å². The molecule has 0 spiro atoms. The Bertz CT molecular complexity index is 431. The second kappa shape index (κ2) is 5.88. The molecule has 1 fully saturated rings. The first-order valence-corrected chi connectivity index (χ1v) is 11.0. The van der Waals surface area contributed by atoms with Gasteiger partial charge in [0.2, 0.25) is 0 Å². The van der Waals surface area contributed by atoms with Gasteiger partial charge in [0, 0.05) is 25.3 Å². The second-order valence-corrected chi connectivity index (χ2v) is 11.4. The molecule has 0 amide bonds. The van der Waals surface area contributed by atoms with E-state index in [1.807, 2.05) is 0 Å². The highest BCUT2D eigenvalue weighted by Crippen LogP contribution is 2.31. The molecule has 4 heteroatoms. The fourth-order valence-corrected chi connectivity index (χ4v) is 4.51. The maximum Gasteiger partial charge on any atom is 0.184 e. The molecule has 0 atom stereocenters. The van der Waals surface area contributed by atoms with Crippen LogP contribution >= 0.6 is 0 Å². The SMILES string of the molecule is Cc1ccc(N2CCC(CN)(O[Si](C)(C)C)CC2)cc1. The van der Waals surface area contributed by atoms with Crippen molar-refractivity contribution in [2.24, 2.45) is 5.73 Å². The van der Waals surface area contributed by atoms with E-state index >= 15 is 0 Å². The Kier molecular flexibility index (Phi) is 4.57. The van der Waals surface area contributed by atoms with E-state index in [1.54, 1.807) is 0 Å². The highest BCUT2D eigenvalue weighted by Gasteiger charge is 2.38. The summed E-state index contributed by atoms with van der Waals surface area (Å²) >= 11 is 0. The molecular weight excluding hydrogens is 264 g/mol. The van der Waals surface area contributed by atoms with Crippen molar-refractivity contribution in [2.45, 2.75) is 45.0 Å². The molecule has 2 N–H and O–H groups in total. The molecule has 1 aliphatic rings. The topological polar surface area (TPSA) is 38.5 Å². The number of hydrogen-bond donors (Lipinski definition) is 1. The number of nitrogens with two attached hydrogens (primary N) is 1. The molecule has 0 radical (unpaired) electrons. The number of rotatable bonds is 4. The lowest BCUT2D eigenvalue weighted by molar-refractivity contribution is 0.0439. The normalized spacial score (nSPS) is 19.1. The number of anilines is 1. The molecule has 2 rings (SSSR count). The van der Waals surface area contributed by atoms with Gasteiger partial charge in [-0.05, 0) is 51.5 Å². The molecule has 3 nitrogen and oxygen atoms in total. The van der Waals surface area contributed by atoms with Crippen LogP contribution in [-0.4, -0.2) is 33.6 Å². The van der Waals surface area contributed by atoms with Crippen molar-refractivity contribution in [2.75, 3.05) is 24.5 Å². The average Bonchev–Trinajstić information content (AvgIpc) is 2.39. The molecule has 1 aromatic rings. The summed E-state index contributed by atoms with van der Waals surface area (Å²) in [5, 5.41) is 0. The van der Waals surface area contributed by atoms with E-state index < -0.39 is 8.32 Å². The summed E-state index contributed by atoms with van der Waals surface area (Å²) in [5.41, 5.74) is 8.56. The van der Waals surface area contributed by atoms with Crippen molar-refractivity contribution in [3.05, 3.63) is 29.8 Å². The lowest BCUT2D eigenvalue weighted by Crippen LogP contribution is -2.54. The molecule has 0 aromatic heterocycles. The molecule has 1 heterocycles. The minimum atomic E-state index is -1.55. The lowest BCUT2D eigenvalue weighted by atomic mass is 9.91. The van der Waals surface area contributed by atoms with E-state index in [9.17, 15) is 0 Å². The van der Waals surface area contributed by atoms with Crippen LogP contribution in [0.2, 0.25) is 19.6 Å². The smallest absolute Gasteiger partial charge is 0.184 e. The predicted molar refractivity (Wildman–Crippen MR) is 88.8 cm³/mol. The van der Waals surface area contributed by atoms with Crippen molar-refractivity contribution < 1.29 is 4.43 Å². The Balaban J connectivity index is 2.02. The minimum Gasteiger partial charge on any atom is -0.411 e. The van der Waals surface area contributed by atoms with Gasteiger partial charge in [0.25, 0.3) is 0 Å². The zero-order valence-corrected chi connectivity index (χ0v) is 14.3. The summed E-state index contributed by atoms with van der Waals surface area (Å²) < 4.78 is 6.41. The van der Waals surface area contributed by atoms with E-state index in [0.29, 0.717) is 6.54 Å². The standard InChI is InChI=1S/C16H28N2OSi/c1-14-5-7-15(8-6-14)18-11-9-16(13-17,10-12-18)19-20(2,3)4/h5-8H,9-13,17H2,1-4H3. The van der Waals surface area contributed by atoms with E-state index in [1.165, 1.54) is 11.3 Å². The first kappa shape index (κ1) is 15.5. The fourth-order valence-electron chi connectivity index (χ4n) is 2.93. The van der Waals surface area contributed by atoms with E-state index in [2.05, 4.69) is 55.7 Å². The highest BCUT2D eigenvalue weighted by atomic mass is 28.4. The monoisotopic (exact) mass is 292 g/mol. The molecule has 1 aromatic carbocycles. The van der Waals surface area contributed by atoms with Gasteiger partial charge in [-0.2, -0.15) is 0 Å². The second-order valence-electron chi connectivity index (χ2n) is 6.92. The lowest BCUT2D eigenvalue weighted by Gasteiger charge is -2.45. The molecule has 1 aliphatic heterocycles. The van der Waals surface area contributed by atoms with E-state index in [0.717, 1.165) is 25.9 Å². The van der Waals surface area contributed by atoms with Gasteiger partial charge in [0.15, 0.2) is 8.32 Å². The van der Waals surface area contributed by atoms with Crippen LogP contribution in [-0.2, 0) is 4.43 Å². The van der Waals surface area contributed by atoms with Crippen LogP contribution in [0, 0.1) is 6.92 Å². The average molecular weight is 292 g/mol. The number of aryl methyl sites for hydroxylation is 1. The van der Waals surface area contributed by atoms with Crippen molar-refractivity contribution in [3.8, 4) is 0 Å². The predicted octanol–water partition coefficient (Wildman–Crippen LogP) is 3.14. The molecule has 0 saturated carbocycles. The van der Waals surface area contributed by atoms with E-state index in [-0.39, 0.29) is 5.60 Å². The Labute approximate surface area is 124 Å². The molecule has 112 valence electrons. The van der Waals surface area contributed by atoms with Crippen LogP contribution in [0.5, 0.6) is 0 Å². The number of nitrogens with zero attached hydrogens (tertiary/aromatic N) is 1. The first-order valence-electron chi connectivity index (χ1n) is 7.55. The van der Waals surface area contributed by atoms with Crippen LogP contribution < -0.4 is 10.6 Å². The summed E-state index contributed by atoms with van der Waals surface area (Å²) in [7, 11) is -1.55. The third-order valence-electron chi connectivity index (χ3n) is 3.97. The van der Waals surface area contributed by atoms with Crippen LogP contribution in [0.15, 0.2) is 24.3 Å². The van der Waals surface area contributed by atoms with Gasteiger partial charge in [-0.3, -0.25) is 0 Å². The van der Waals surface area contributed by atoms with Crippen LogP contribution in [0.1, 0.15) is 18.4 Å². The van der Waals surface area contributed by atoms with Gasteiger partial charge in [0.05, 0.1) is 5.60 Å². The van der Waals surface area contributed by atoms with Crippen LogP contribution in [0.4, 0.5) is 5.69 Å². The Hall–Kier alpha value is -0.843. The van der Waals surface area contributed by atoms with Crippen LogP contribution in [0.3, 0.4) is 0 Å². The van der Waals surface area contributed by atoms with Gasteiger partial charge >= 0.3 is 0 Å². The number of piperidine rings is 1.